The van der Waals surface area contributed by atoms with E-state index in [-0.39, 0.29) is 11.2 Å². The number of hydrogen-bond donors (Lipinski definition) is 1. The lowest BCUT2D eigenvalue weighted by Crippen LogP contribution is -2.29. The van der Waals surface area contributed by atoms with Crippen LogP contribution in [0.2, 0.25) is 0 Å². The number of halogens is 1. The monoisotopic (exact) mass is 253 g/mol. The fourth-order valence-electron chi connectivity index (χ4n) is 2.19. The van der Waals surface area contributed by atoms with Crippen molar-refractivity contribution in [2.45, 2.75) is 39.5 Å². The molecular formula is C15H24FNO. The quantitative estimate of drug-likeness (QED) is 0.716. The van der Waals surface area contributed by atoms with E-state index in [4.69, 9.17) is 10.5 Å². The zero-order valence-electron chi connectivity index (χ0n) is 11.4. The highest BCUT2D eigenvalue weighted by Gasteiger charge is 2.23. The fraction of sp³-hybridized carbons (Fsp3) is 0.600. The van der Waals surface area contributed by atoms with Crippen molar-refractivity contribution < 1.29 is 9.13 Å². The summed E-state index contributed by atoms with van der Waals surface area (Å²) >= 11 is 0. The second-order valence-corrected chi connectivity index (χ2v) is 4.79. The Kier molecular flexibility index (Phi) is 6.13. The number of hydrogen-bond acceptors (Lipinski definition) is 2. The topological polar surface area (TPSA) is 35.2 Å². The molecule has 0 aliphatic rings. The molecule has 0 bridgehead atoms. The number of benzene rings is 1. The molecule has 0 aliphatic heterocycles. The molecule has 1 aromatic rings. The third-order valence-corrected chi connectivity index (χ3v) is 3.88. The second-order valence-electron chi connectivity index (χ2n) is 4.79. The van der Waals surface area contributed by atoms with Crippen LogP contribution in [0, 0.1) is 11.2 Å². The van der Waals surface area contributed by atoms with E-state index < -0.39 is 0 Å². The van der Waals surface area contributed by atoms with Gasteiger partial charge in [0.25, 0.3) is 0 Å². The molecule has 3 heteroatoms. The van der Waals surface area contributed by atoms with Crippen LogP contribution in [-0.4, -0.2) is 13.2 Å². The molecule has 0 radical (unpaired) electrons. The van der Waals surface area contributed by atoms with Crippen molar-refractivity contribution in [1.82, 2.24) is 0 Å². The maximum atomic E-state index is 13.3. The van der Waals surface area contributed by atoms with Crippen LogP contribution in [0.25, 0.3) is 0 Å². The first-order valence-electron chi connectivity index (χ1n) is 6.75. The lowest BCUT2D eigenvalue weighted by molar-refractivity contribution is 0.210. The molecule has 0 spiro atoms. The van der Waals surface area contributed by atoms with Gasteiger partial charge in [0.15, 0.2) is 11.6 Å². The van der Waals surface area contributed by atoms with Crippen molar-refractivity contribution in [3.8, 4) is 5.75 Å². The second kappa shape index (κ2) is 7.37. The van der Waals surface area contributed by atoms with Gasteiger partial charge in [-0.2, -0.15) is 0 Å². The molecule has 18 heavy (non-hydrogen) atoms. The summed E-state index contributed by atoms with van der Waals surface area (Å²) in [5, 5.41) is 0. The average molecular weight is 253 g/mol. The minimum Gasteiger partial charge on any atom is -0.491 e. The highest BCUT2D eigenvalue weighted by atomic mass is 19.1. The predicted molar refractivity (Wildman–Crippen MR) is 73.2 cm³/mol. The average Bonchev–Trinajstić information content (AvgIpc) is 2.42. The summed E-state index contributed by atoms with van der Waals surface area (Å²) in [4.78, 5) is 0. The molecule has 102 valence electrons. The Hall–Kier alpha value is -1.09. The summed E-state index contributed by atoms with van der Waals surface area (Å²) in [7, 11) is 0. The number of rotatable bonds is 8. The molecule has 2 N–H and O–H groups in total. The van der Waals surface area contributed by atoms with Crippen LogP contribution in [0.15, 0.2) is 24.3 Å². The van der Waals surface area contributed by atoms with Crippen LogP contribution >= 0.6 is 0 Å². The molecule has 0 aliphatic carbocycles. The normalized spacial score (nSPS) is 11.6. The van der Waals surface area contributed by atoms with Crippen LogP contribution in [0.3, 0.4) is 0 Å². The van der Waals surface area contributed by atoms with Gasteiger partial charge in [0.1, 0.15) is 0 Å². The van der Waals surface area contributed by atoms with Crippen molar-refractivity contribution in [2.24, 2.45) is 11.1 Å². The van der Waals surface area contributed by atoms with Crippen LogP contribution in [0.4, 0.5) is 4.39 Å². The van der Waals surface area contributed by atoms with Gasteiger partial charge in [0, 0.05) is 0 Å². The van der Waals surface area contributed by atoms with Crippen molar-refractivity contribution >= 4 is 0 Å². The Morgan fingerprint density at radius 2 is 1.89 bits per heavy atom. The molecule has 1 aromatic carbocycles. The molecule has 0 saturated carbocycles. The largest absolute Gasteiger partial charge is 0.491 e. The van der Waals surface area contributed by atoms with Gasteiger partial charge in [-0.15, -0.1) is 0 Å². The predicted octanol–water partition coefficient (Wildman–Crippen LogP) is 3.75. The summed E-state index contributed by atoms with van der Waals surface area (Å²) in [6.07, 6.45) is 4.11. The summed E-state index contributed by atoms with van der Waals surface area (Å²) in [6.45, 7) is 5.60. The van der Waals surface area contributed by atoms with Gasteiger partial charge in [-0.05, 0) is 49.8 Å². The Morgan fingerprint density at radius 3 is 2.44 bits per heavy atom. The molecular weight excluding hydrogens is 229 g/mol. The third-order valence-electron chi connectivity index (χ3n) is 3.88. The first-order chi connectivity index (χ1) is 8.67. The zero-order chi connectivity index (χ0) is 13.4. The molecule has 1 rings (SSSR count). The van der Waals surface area contributed by atoms with E-state index >= 15 is 0 Å². The minimum atomic E-state index is -0.298. The van der Waals surface area contributed by atoms with Gasteiger partial charge in [-0.3, -0.25) is 0 Å². The number of nitrogens with two attached hydrogens (primary N) is 1. The Labute approximate surface area is 109 Å². The van der Waals surface area contributed by atoms with Gasteiger partial charge in [-0.1, -0.05) is 26.0 Å². The van der Waals surface area contributed by atoms with Crippen molar-refractivity contribution in [3.63, 3.8) is 0 Å². The van der Waals surface area contributed by atoms with E-state index in [1.54, 1.807) is 18.2 Å². The first-order valence-corrected chi connectivity index (χ1v) is 6.75. The molecule has 0 unspecified atom stereocenters. The van der Waals surface area contributed by atoms with E-state index in [1.165, 1.54) is 6.07 Å². The molecule has 0 amide bonds. The number of ether oxygens (including phenoxy) is 1. The van der Waals surface area contributed by atoms with Gasteiger partial charge in [-0.25, -0.2) is 4.39 Å². The van der Waals surface area contributed by atoms with Crippen LogP contribution in [0.1, 0.15) is 39.5 Å². The molecule has 0 atom stereocenters. The maximum absolute atomic E-state index is 13.3. The lowest BCUT2D eigenvalue weighted by atomic mass is 9.78. The minimum absolute atomic E-state index is 0.221. The molecule has 2 nitrogen and oxygen atoms in total. The van der Waals surface area contributed by atoms with Crippen LogP contribution < -0.4 is 10.5 Å². The maximum Gasteiger partial charge on any atom is 0.165 e. The van der Waals surface area contributed by atoms with Gasteiger partial charge in [0.05, 0.1) is 6.61 Å². The third kappa shape index (κ3) is 3.98. The van der Waals surface area contributed by atoms with E-state index in [2.05, 4.69) is 13.8 Å². The van der Waals surface area contributed by atoms with Crippen molar-refractivity contribution in [1.29, 1.82) is 0 Å². The number of para-hydroxylation sites is 1. The Morgan fingerprint density at radius 1 is 1.22 bits per heavy atom. The van der Waals surface area contributed by atoms with E-state index in [0.29, 0.717) is 18.9 Å². The Bertz CT molecular complexity index is 342. The molecule has 0 saturated heterocycles. The van der Waals surface area contributed by atoms with Gasteiger partial charge < -0.3 is 10.5 Å². The highest BCUT2D eigenvalue weighted by molar-refractivity contribution is 5.23. The molecule has 0 fully saturated rings. The molecule has 0 aromatic heterocycles. The van der Waals surface area contributed by atoms with Gasteiger partial charge in [0.2, 0.25) is 0 Å². The first kappa shape index (κ1) is 15.0. The lowest BCUT2D eigenvalue weighted by Gasteiger charge is -2.30. The summed E-state index contributed by atoms with van der Waals surface area (Å²) in [5.74, 6) is 0.0393. The molecule has 0 heterocycles. The van der Waals surface area contributed by atoms with Crippen LogP contribution in [0.5, 0.6) is 5.75 Å². The zero-order valence-corrected chi connectivity index (χ0v) is 11.4. The van der Waals surface area contributed by atoms with E-state index in [0.717, 1.165) is 25.7 Å². The SMILES string of the molecule is CCC(CC)(CN)CCCOc1ccccc1F. The smallest absolute Gasteiger partial charge is 0.165 e. The van der Waals surface area contributed by atoms with Crippen molar-refractivity contribution in [3.05, 3.63) is 30.1 Å². The van der Waals surface area contributed by atoms with Crippen molar-refractivity contribution in [2.75, 3.05) is 13.2 Å². The highest BCUT2D eigenvalue weighted by Crippen LogP contribution is 2.30. The summed E-state index contributed by atoms with van der Waals surface area (Å²) < 4.78 is 18.8. The van der Waals surface area contributed by atoms with Gasteiger partial charge >= 0.3 is 0 Å². The fourth-order valence-corrected chi connectivity index (χ4v) is 2.19. The van der Waals surface area contributed by atoms with E-state index in [9.17, 15) is 4.39 Å². The summed E-state index contributed by atoms with van der Waals surface area (Å²) in [5.41, 5.74) is 6.07. The van der Waals surface area contributed by atoms with Crippen LogP contribution in [-0.2, 0) is 0 Å². The Balaban J connectivity index is 2.37. The standard InChI is InChI=1S/C15H24FNO/c1-3-15(4-2,12-17)10-7-11-18-14-9-6-5-8-13(14)16/h5-6,8-9H,3-4,7,10-12,17H2,1-2H3. The van der Waals surface area contributed by atoms with E-state index in [1.807, 2.05) is 0 Å². The summed E-state index contributed by atoms with van der Waals surface area (Å²) in [6, 6.07) is 6.51.